The van der Waals surface area contributed by atoms with Crippen molar-refractivity contribution in [3.8, 4) is 0 Å². The molecule has 3 heterocycles. The number of amides is 1. The fraction of sp³-hybridized carbons (Fsp3) is 0.647. The Morgan fingerprint density at radius 2 is 1.96 bits per heavy atom. The SMILES string of the molecule is CC(C)(C)OC(=O)Nc1cccn(C2CC3CCC(C2)O3)c1=O. The average molecular weight is 320 g/mol. The number of hydrogen-bond acceptors (Lipinski definition) is 4. The summed E-state index contributed by atoms with van der Waals surface area (Å²) in [6.07, 6.45) is 5.55. The zero-order chi connectivity index (χ0) is 16.6. The van der Waals surface area contributed by atoms with Gasteiger partial charge in [-0.1, -0.05) is 0 Å². The lowest BCUT2D eigenvalue weighted by Crippen LogP contribution is -2.35. The van der Waals surface area contributed by atoms with Crippen LogP contribution in [-0.2, 0) is 9.47 Å². The van der Waals surface area contributed by atoms with Crippen LogP contribution in [0.15, 0.2) is 23.1 Å². The molecule has 2 saturated heterocycles. The van der Waals surface area contributed by atoms with Crippen molar-refractivity contribution in [1.82, 2.24) is 4.57 Å². The van der Waals surface area contributed by atoms with Gasteiger partial charge in [-0.15, -0.1) is 0 Å². The standard InChI is InChI=1S/C17H24N2O4/c1-17(2,3)23-16(21)18-14-5-4-8-19(15(14)20)11-9-12-6-7-13(10-11)22-12/h4-5,8,11-13H,6-7,9-10H2,1-3H3,(H,18,21). The summed E-state index contributed by atoms with van der Waals surface area (Å²) in [5.41, 5.74) is -0.539. The second kappa shape index (κ2) is 6.00. The topological polar surface area (TPSA) is 69.6 Å². The normalized spacial score (nSPS) is 26.8. The number of carbonyl (C=O) groups is 1. The van der Waals surface area contributed by atoms with E-state index in [0.29, 0.717) is 0 Å². The number of aromatic nitrogens is 1. The van der Waals surface area contributed by atoms with E-state index in [4.69, 9.17) is 9.47 Å². The Morgan fingerprint density at radius 3 is 2.57 bits per heavy atom. The number of hydrogen-bond donors (Lipinski definition) is 1. The third kappa shape index (κ3) is 3.75. The molecule has 2 bridgehead atoms. The van der Waals surface area contributed by atoms with Gasteiger partial charge in [0.25, 0.3) is 5.56 Å². The van der Waals surface area contributed by atoms with Gasteiger partial charge in [0.05, 0.1) is 12.2 Å². The maximum Gasteiger partial charge on any atom is 0.412 e. The minimum atomic E-state index is -0.612. The highest BCUT2D eigenvalue weighted by molar-refractivity contribution is 5.84. The Kier molecular flexibility index (Phi) is 4.19. The van der Waals surface area contributed by atoms with Gasteiger partial charge in [0.15, 0.2) is 0 Å². The van der Waals surface area contributed by atoms with Crippen molar-refractivity contribution in [3.63, 3.8) is 0 Å². The molecule has 0 radical (unpaired) electrons. The number of anilines is 1. The molecule has 2 unspecified atom stereocenters. The van der Waals surface area contributed by atoms with Crippen LogP contribution in [0.1, 0.15) is 52.5 Å². The molecule has 2 aliphatic heterocycles. The van der Waals surface area contributed by atoms with Gasteiger partial charge in [-0.3, -0.25) is 10.1 Å². The van der Waals surface area contributed by atoms with Gasteiger partial charge in [-0.25, -0.2) is 4.79 Å². The van der Waals surface area contributed by atoms with E-state index in [1.54, 1.807) is 43.7 Å². The molecule has 1 aromatic heterocycles. The van der Waals surface area contributed by atoms with Crippen LogP contribution in [0.2, 0.25) is 0 Å². The molecule has 2 fully saturated rings. The Labute approximate surface area is 135 Å². The zero-order valence-corrected chi connectivity index (χ0v) is 13.9. The van der Waals surface area contributed by atoms with Crippen molar-refractivity contribution in [2.75, 3.05) is 5.32 Å². The Morgan fingerprint density at radius 1 is 1.30 bits per heavy atom. The molecule has 23 heavy (non-hydrogen) atoms. The van der Waals surface area contributed by atoms with Crippen LogP contribution in [0.3, 0.4) is 0 Å². The van der Waals surface area contributed by atoms with E-state index in [2.05, 4.69) is 5.32 Å². The van der Waals surface area contributed by atoms with Crippen molar-refractivity contribution in [2.24, 2.45) is 0 Å². The molecule has 0 saturated carbocycles. The maximum atomic E-state index is 12.7. The first kappa shape index (κ1) is 16.1. The molecule has 2 atom stereocenters. The summed E-state index contributed by atoms with van der Waals surface area (Å²) in [5, 5.41) is 2.56. The smallest absolute Gasteiger partial charge is 0.412 e. The molecule has 0 aliphatic carbocycles. The van der Waals surface area contributed by atoms with Crippen molar-refractivity contribution >= 4 is 11.8 Å². The fourth-order valence-electron chi connectivity index (χ4n) is 3.36. The molecule has 1 amide bonds. The fourth-order valence-corrected chi connectivity index (χ4v) is 3.36. The molecule has 0 aromatic carbocycles. The minimum Gasteiger partial charge on any atom is -0.444 e. The Bertz CT molecular complexity index is 635. The first-order valence-electron chi connectivity index (χ1n) is 8.18. The van der Waals surface area contributed by atoms with Gasteiger partial charge in [-0.05, 0) is 58.6 Å². The summed E-state index contributed by atoms with van der Waals surface area (Å²) in [5.74, 6) is 0. The highest BCUT2D eigenvalue weighted by Crippen LogP contribution is 2.37. The number of rotatable bonds is 2. The molecule has 6 heteroatoms. The van der Waals surface area contributed by atoms with Crippen LogP contribution in [0.25, 0.3) is 0 Å². The molecular weight excluding hydrogens is 296 g/mol. The van der Waals surface area contributed by atoms with Crippen molar-refractivity contribution in [3.05, 3.63) is 28.7 Å². The largest absolute Gasteiger partial charge is 0.444 e. The second-order valence-corrected chi connectivity index (χ2v) is 7.34. The van der Waals surface area contributed by atoms with E-state index in [0.717, 1.165) is 25.7 Å². The number of nitrogens with zero attached hydrogens (tertiary/aromatic N) is 1. The maximum absolute atomic E-state index is 12.7. The van der Waals surface area contributed by atoms with Gasteiger partial charge in [0.2, 0.25) is 0 Å². The van der Waals surface area contributed by atoms with E-state index in [9.17, 15) is 9.59 Å². The van der Waals surface area contributed by atoms with Gasteiger partial charge < -0.3 is 14.0 Å². The number of carbonyl (C=O) groups excluding carboxylic acids is 1. The quantitative estimate of drug-likeness (QED) is 0.909. The van der Waals surface area contributed by atoms with E-state index in [1.807, 2.05) is 0 Å². The molecular formula is C17H24N2O4. The summed E-state index contributed by atoms with van der Waals surface area (Å²) >= 11 is 0. The van der Waals surface area contributed by atoms with Crippen molar-refractivity contribution in [1.29, 1.82) is 0 Å². The molecule has 6 nitrogen and oxygen atoms in total. The lowest BCUT2D eigenvalue weighted by Gasteiger charge is -2.30. The Hall–Kier alpha value is -1.82. The van der Waals surface area contributed by atoms with Crippen LogP contribution < -0.4 is 10.9 Å². The number of ether oxygens (including phenoxy) is 2. The minimum absolute atomic E-state index is 0.133. The molecule has 3 rings (SSSR count). The second-order valence-electron chi connectivity index (χ2n) is 7.34. The first-order valence-corrected chi connectivity index (χ1v) is 8.18. The highest BCUT2D eigenvalue weighted by Gasteiger charge is 2.36. The number of fused-ring (bicyclic) bond motifs is 2. The van der Waals surface area contributed by atoms with Crippen molar-refractivity contribution < 1.29 is 14.3 Å². The summed E-state index contributed by atoms with van der Waals surface area (Å²) in [6, 6.07) is 3.52. The van der Waals surface area contributed by atoms with E-state index in [1.165, 1.54) is 0 Å². The van der Waals surface area contributed by atoms with Gasteiger partial charge in [-0.2, -0.15) is 0 Å². The molecule has 1 aromatic rings. The highest BCUT2D eigenvalue weighted by atomic mass is 16.6. The van der Waals surface area contributed by atoms with Gasteiger partial charge in [0.1, 0.15) is 11.3 Å². The predicted molar refractivity (Wildman–Crippen MR) is 86.7 cm³/mol. The Balaban J connectivity index is 1.76. The molecule has 2 aliphatic rings. The number of pyridine rings is 1. The van der Waals surface area contributed by atoms with Gasteiger partial charge >= 0.3 is 6.09 Å². The van der Waals surface area contributed by atoms with Crippen LogP contribution in [-0.4, -0.2) is 28.5 Å². The average Bonchev–Trinajstić information content (AvgIpc) is 2.78. The summed E-state index contributed by atoms with van der Waals surface area (Å²) in [4.78, 5) is 24.5. The number of nitrogens with one attached hydrogen (secondary N) is 1. The van der Waals surface area contributed by atoms with Gasteiger partial charge in [0, 0.05) is 12.2 Å². The summed E-state index contributed by atoms with van der Waals surface area (Å²) < 4.78 is 12.8. The van der Waals surface area contributed by atoms with Crippen LogP contribution >= 0.6 is 0 Å². The third-order valence-electron chi connectivity index (χ3n) is 4.27. The van der Waals surface area contributed by atoms with Crippen LogP contribution in [0.5, 0.6) is 0 Å². The van der Waals surface area contributed by atoms with Crippen LogP contribution in [0, 0.1) is 0 Å². The van der Waals surface area contributed by atoms with Crippen molar-refractivity contribution in [2.45, 2.75) is 70.3 Å². The summed E-state index contributed by atoms with van der Waals surface area (Å²) in [7, 11) is 0. The monoisotopic (exact) mass is 320 g/mol. The lowest BCUT2D eigenvalue weighted by atomic mass is 10.0. The third-order valence-corrected chi connectivity index (χ3v) is 4.27. The summed E-state index contributed by atoms with van der Waals surface area (Å²) in [6.45, 7) is 5.36. The molecule has 126 valence electrons. The lowest BCUT2D eigenvalue weighted by molar-refractivity contribution is -0.0164. The van der Waals surface area contributed by atoms with E-state index in [-0.39, 0.29) is 29.5 Å². The van der Waals surface area contributed by atoms with E-state index >= 15 is 0 Å². The van der Waals surface area contributed by atoms with Crippen LogP contribution in [0.4, 0.5) is 10.5 Å². The zero-order valence-electron chi connectivity index (χ0n) is 13.9. The first-order chi connectivity index (χ1) is 10.8. The molecule has 1 N–H and O–H groups in total. The van der Waals surface area contributed by atoms with E-state index < -0.39 is 11.7 Å². The predicted octanol–water partition coefficient (Wildman–Crippen LogP) is 3.08. The molecule has 0 spiro atoms.